The van der Waals surface area contributed by atoms with E-state index in [0.29, 0.717) is 24.3 Å². The lowest BCUT2D eigenvalue weighted by molar-refractivity contribution is 0.0125. The Labute approximate surface area is 156 Å². The van der Waals surface area contributed by atoms with Gasteiger partial charge in [0.1, 0.15) is 28.5 Å². The van der Waals surface area contributed by atoms with Crippen molar-refractivity contribution in [2.24, 2.45) is 0 Å². The van der Waals surface area contributed by atoms with Crippen LogP contribution in [0.25, 0.3) is 16.8 Å². The fourth-order valence-corrected chi connectivity index (χ4v) is 3.41. The second kappa shape index (κ2) is 6.64. The van der Waals surface area contributed by atoms with E-state index >= 15 is 0 Å². The van der Waals surface area contributed by atoms with Crippen molar-refractivity contribution in [1.29, 1.82) is 0 Å². The van der Waals surface area contributed by atoms with E-state index < -0.39 is 28.5 Å². The Hall–Kier alpha value is -1.97. The summed E-state index contributed by atoms with van der Waals surface area (Å²) in [5.74, 6) is -1.82. The molecule has 0 bridgehead atoms. The molecule has 6 nitrogen and oxygen atoms in total. The van der Waals surface area contributed by atoms with Gasteiger partial charge in [-0.25, -0.2) is 18.6 Å². The Bertz CT molecular complexity index is 1040. The minimum absolute atomic E-state index is 0.0645. The van der Waals surface area contributed by atoms with Crippen LogP contribution in [0.15, 0.2) is 22.1 Å². The quantitative estimate of drug-likeness (QED) is 0.511. The van der Waals surface area contributed by atoms with Crippen LogP contribution >= 0.6 is 24.2 Å². The van der Waals surface area contributed by atoms with Crippen LogP contribution in [-0.2, 0) is 4.74 Å². The van der Waals surface area contributed by atoms with Crippen LogP contribution < -0.4 is 5.69 Å². The first-order chi connectivity index (χ1) is 12.5. The van der Waals surface area contributed by atoms with E-state index in [9.17, 15) is 13.6 Å². The zero-order chi connectivity index (χ0) is 18.4. The number of rotatable bonds is 2. The molecule has 3 aromatic rings. The van der Waals surface area contributed by atoms with Gasteiger partial charge in [0.2, 0.25) is 0 Å². The highest BCUT2D eigenvalue weighted by Gasteiger charge is 2.28. The SMILES string of the molecule is O=c1[nH]c(S)nc2c(-c3cc(F)c(Cl)c(F)c3)c(C3CCCCO3)nn12. The number of H-pyrrole nitrogens is 1. The minimum Gasteiger partial charge on any atom is -0.372 e. The number of nitrogens with one attached hydrogen (secondary N) is 1. The number of aromatic nitrogens is 4. The second-order valence-corrected chi connectivity index (χ2v) is 6.77. The topological polar surface area (TPSA) is 72.3 Å². The molecular formula is C16H13ClF2N4O2S. The highest BCUT2D eigenvalue weighted by molar-refractivity contribution is 7.80. The maximum atomic E-state index is 14.0. The minimum atomic E-state index is -0.910. The van der Waals surface area contributed by atoms with E-state index in [-0.39, 0.29) is 16.4 Å². The number of fused-ring (bicyclic) bond motifs is 1. The molecule has 1 aliphatic heterocycles. The molecule has 10 heteroatoms. The molecule has 1 saturated heterocycles. The molecule has 1 aromatic carbocycles. The van der Waals surface area contributed by atoms with Gasteiger partial charge < -0.3 is 4.74 Å². The second-order valence-electron chi connectivity index (χ2n) is 5.97. The van der Waals surface area contributed by atoms with Gasteiger partial charge in [0.25, 0.3) is 0 Å². The average Bonchev–Trinajstić information content (AvgIpc) is 2.99. The summed E-state index contributed by atoms with van der Waals surface area (Å²) in [6.07, 6.45) is 2.12. The van der Waals surface area contributed by atoms with Crippen LogP contribution in [0.3, 0.4) is 0 Å². The molecule has 3 heterocycles. The summed E-state index contributed by atoms with van der Waals surface area (Å²) in [6, 6.07) is 2.19. The van der Waals surface area contributed by atoms with Crippen LogP contribution in [0.5, 0.6) is 0 Å². The number of aromatic amines is 1. The van der Waals surface area contributed by atoms with Crippen LogP contribution in [0.1, 0.15) is 31.1 Å². The lowest BCUT2D eigenvalue weighted by Gasteiger charge is -2.21. The molecule has 0 aliphatic carbocycles. The first-order valence-electron chi connectivity index (χ1n) is 7.94. The van der Waals surface area contributed by atoms with Crippen molar-refractivity contribution in [3.63, 3.8) is 0 Å². The van der Waals surface area contributed by atoms with E-state index in [1.165, 1.54) is 0 Å². The number of ether oxygens (including phenoxy) is 1. The highest BCUT2D eigenvalue weighted by Crippen LogP contribution is 2.37. The van der Waals surface area contributed by atoms with Gasteiger partial charge >= 0.3 is 5.69 Å². The van der Waals surface area contributed by atoms with E-state index in [1.807, 2.05) is 0 Å². The first-order valence-corrected chi connectivity index (χ1v) is 8.76. The molecule has 1 fully saturated rings. The van der Waals surface area contributed by atoms with E-state index in [1.54, 1.807) is 0 Å². The van der Waals surface area contributed by atoms with Gasteiger partial charge in [-0.15, -0.1) is 12.6 Å². The van der Waals surface area contributed by atoms with Crippen molar-refractivity contribution in [2.45, 2.75) is 30.5 Å². The van der Waals surface area contributed by atoms with Crippen LogP contribution in [0.2, 0.25) is 5.02 Å². The Morgan fingerprint density at radius 1 is 1.31 bits per heavy atom. The van der Waals surface area contributed by atoms with Crippen molar-refractivity contribution in [3.05, 3.63) is 45.0 Å². The summed E-state index contributed by atoms with van der Waals surface area (Å²) >= 11 is 9.66. The summed E-state index contributed by atoms with van der Waals surface area (Å²) < 4.78 is 34.9. The lowest BCUT2D eigenvalue weighted by atomic mass is 9.98. The molecular weight excluding hydrogens is 386 g/mol. The standard InChI is InChI=1S/C16H13ClF2N4O2S/c17-12-8(18)5-7(6-9(12)19)11-13(10-3-1-2-4-25-10)22-23-14(11)20-15(26)21-16(23)24/h5-6,10H,1-4H2,(H2,20,21,24,26). The third-order valence-corrected chi connectivity index (χ3v) is 4.84. The van der Waals surface area contributed by atoms with Gasteiger partial charge in [-0.1, -0.05) is 11.6 Å². The Balaban J connectivity index is 2.03. The summed E-state index contributed by atoms with van der Waals surface area (Å²) in [6.45, 7) is 0.545. The number of nitrogens with zero attached hydrogens (tertiary/aromatic N) is 3. The molecule has 4 rings (SSSR count). The third kappa shape index (κ3) is 2.89. The van der Waals surface area contributed by atoms with E-state index in [4.69, 9.17) is 16.3 Å². The molecule has 2 aromatic heterocycles. The van der Waals surface area contributed by atoms with E-state index in [2.05, 4.69) is 27.7 Å². The van der Waals surface area contributed by atoms with Gasteiger partial charge in [0, 0.05) is 6.61 Å². The summed E-state index contributed by atoms with van der Waals surface area (Å²) in [5, 5.41) is 3.78. The van der Waals surface area contributed by atoms with Gasteiger partial charge in [-0.3, -0.25) is 4.98 Å². The van der Waals surface area contributed by atoms with Gasteiger partial charge in [-0.2, -0.15) is 9.61 Å². The Kier molecular flexibility index (Phi) is 4.45. The zero-order valence-corrected chi connectivity index (χ0v) is 15.0. The van der Waals surface area contributed by atoms with Crippen molar-refractivity contribution in [3.8, 4) is 11.1 Å². The molecule has 1 atom stereocenters. The zero-order valence-electron chi connectivity index (χ0n) is 13.3. The van der Waals surface area contributed by atoms with E-state index in [0.717, 1.165) is 29.5 Å². The van der Waals surface area contributed by atoms with Crippen LogP contribution in [0, 0.1) is 11.6 Å². The molecule has 0 spiro atoms. The largest absolute Gasteiger partial charge is 0.372 e. The third-order valence-electron chi connectivity index (χ3n) is 4.27. The van der Waals surface area contributed by atoms with Crippen molar-refractivity contribution in [1.82, 2.24) is 19.6 Å². The molecule has 1 aliphatic rings. The molecule has 0 radical (unpaired) electrons. The van der Waals surface area contributed by atoms with Gasteiger partial charge in [0.05, 0.1) is 5.56 Å². The normalized spacial score (nSPS) is 17.8. The van der Waals surface area contributed by atoms with Crippen molar-refractivity contribution in [2.75, 3.05) is 6.61 Å². The van der Waals surface area contributed by atoms with Gasteiger partial charge in [-0.05, 0) is 37.0 Å². The molecule has 1 N–H and O–H groups in total. The summed E-state index contributed by atoms with van der Waals surface area (Å²) in [4.78, 5) is 18.8. The predicted molar refractivity (Wildman–Crippen MR) is 93.8 cm³/mol. The number of thiol groups is 1. The molecule has 1 unspecified atom stereocenters. The number of hydrogen-bond acceptors (Lipinski definition) is 5. The lowest BCUT2D eigenvalue weighted by Crippen LogP contribution is -2.19. The fourth-order valence-electron chi connectivity index (χ4n) is 3.11. The van der Waals surface area contributed by atoms with Crippen molar-refractivity contribution >= 4 is 29.9 Å². The van der Waals surface area contributed by atoms with Crippen molar-refractivity contribution < 1.29 is 13.5 Å². The van der Waals surface area contributed by atoms with Crippen LogP contribution in [-0.4, -0.2) is 26.2 Å². The molecule has 0 saturated carbocycles. The summed E-state index contributed by atoms with van der Waals surface area (Å²) in [5.41, 5.74) is 0.493. The Morgan fingerprint density at radius 2 is 2.04 bits per heavy atom. The molecule has 136 valence electrons. The van der Waals surface area contributed by atoms with Gasteiger partial charge in [0.15, 0.2) is 10.8 Å². The average molecular weight is 399 g/mol. The van der Waals surface area contributed by atoms with Crippen LogP contribution in [0.4, 0.5) is 8.78 Å². The molecule has 0 amide bonds. The maximum Gasteiger partial charge on any atom is 0.350 e. The highest BCUT2D eigenvalue weighted by atomic mass is 35.5. The number of halogens is 3. The maximum absolute atomic E-state index is 14.0. The summed E-state index contributed by atoms with van der Waals surface area (Å²) in [7, 11) is 0. The molecule has 26 heavy (non-hydrogen) atoms. The first kappa shape index (κ1) is 17.4. The smallest absolute Gasteiger partial charge is 0.350 e. The predicted octanol–water partition coefficient (Wildman–Crippen LogP) is 3.55. The monoisotopic (exact) mass is 398 g/mol. The Morgan fingerprint density at radius 3 is 2.69 bits per heavy atom. The fraction of sp³-hybridized carbons (Fsp3) is 0.312. The number of benzene rings is 1. The number of hydrogen-bond donors (Lipinski definition) is 2.